The molecule has 3 aromatic heterocycles. The van der Waals surface area contributed by atoms with Crippen molar-refractivity contribution in [1.29, 1.82) is 0 Å². The average Bonchev–Trinajstić information content (AvgIpc) is 3.06. The van der Waals surface area contributed by atoms with Crippen LogP contribution >= 0.6 is 11.3 Å². The third kappa shape index (κ3) is 1.86. The van der Waals surface area contributed by atoms with Gasteiger partial charge in [-0.15, -0.1) is 11.3 Å². The lowest BCUT2D eigenvalue weighted by Crippen LogP contribution is -2.32. The summed E-state index contributed by atoms with van der Waals surface area (Å²) in [6, 6.07) is 2.36. The van der Waals surface area contributed by atoms with Gasteiger partial charge in [0.2, 0.25) is 0 Å². The Hall–Kier alpha value is -2.02. The van der Waals surface area contributed by atoms with Crippen LogP contribution < -0.4 is 5.32 Å². The molecule has 1 aliphatic rings. The molecule has 1 aliphatic heterocycles. The molecular weight excluding hydrogens is 260 g/mol. The Morgan fingerprint density at radius 1 is 1.26 bits per heavy atom. The van der Waals surface area contributed by atoms with Gasteiger partial charge in [-0.1, -0.05) is 0 Å². The Bertz CT molecular complexity index is 718. The first-order valence-electron chi connectivity index (χ1n) is 6.21. The number of aromatic nitrogens is 5. The van der Waals surface area contributed by atoms with Crippen molar-refractivity contribution in [3.05, 3.63) is 29.9 Å². The van der Waals surface area contributed by atoms with Crippen LogP contribution in [0, 0.1) is 0 Å². The molecule has 0 amide bonds. The van der Waals surface area contributed by atoms with Gasteiger partial charge >= 0.3 is 0 Å². The van der Waals surface area contributed by atoms with E-state index in [1.807, 2.05) is 16.1 Å². The van der Waals surface area contributed by atoms with Crippen molar-refractivity contribution in [1.82, 2.24) is 24.7 Å². The van der Waals surface area contributed by atoms with Crippen LogP contribution in [0.1, 0.15) is 12.2 Å². The van der Waals surface area contributed by atoms with E-state index in [0.29, 0.717) is 6.04 Å². The van der Waals surface area contributed by atoms with Crippen molar-refractivity contribution in [3.8, 4) is 0 Å². The maximum atomic E-state index is 4.36. The van der Waals surface area contributed by atoms with Crippen molar-refractivity contribution >= 4 is 27.4 Å². The average molecular weight is 272 g/mol. The molecule has 1 N–H and O–H groups in total. The van der Waals surface area contributed by atoms with E-state index in [4.69, 9.17) is 0 Å². The summed E-state index contributed by atoms with van der Waals surface area (Å²) < 4.78 is 3.08. The molecule has 6 nitrogen and oxygen atoms in total. The molecule has 0 saturated carbocycles. The molecule has 1 unspecified atom stereocenters. The van der Waals surface area contributed by atoms with Gasteiger partial charge in [0, 0.05) is 12.5 Å². The topological polar surface area (TPSA) is 68.5 Å². The summed E-state index contributed by atoms with van der Waals surface area (Å²) in [4.78, 5) is 12.9. The fourth-order valence-electron chi connectivity index (χ4n) is 2.44. The molecule has 1 atom stereocenters. The summed E-state index contributed by atoms with van der Waals surface area (Å²) in [7, 11) is 0. The maximum Gasteiger partial charge on any atom is 0.147 e. The molecule has 0 aromatic carbocycles. The Balaban J connectivity index is 1.61. The lowest BCUT2D eigenvalue weighted by molar-refractivity contribution is 0.441. The van der Waals surface area contributed by atoms with Gasteiger partial charge in [0.15, 0.2) is 0 Å². The van der Waals surface area contributed by atoms with Gasteiger partial charge in [-0.25, -0.2) is 19.6 Å². The van der Waals surface area contributed by atoms with Crippen LogP contribution in [0.5, 0.6) is 0 Å². The van der Waals surface area contributed by atoms with Crippen molar-refractivity contribution in [3.63, 3.8) is 0 Å². The number of nitrogens with zero attached hydrogens (tertiary/aromatic N) is 5. The number of hydrogen-bond acceptors (Lipinski definition) is 6. The van der Waals surface area contributed by atoms with Crippen LogP contribution in [0.3, 0.4) is 0 Å². The first-order valence-corrected chi connectivity index (χ1v) is 7.09. The number of anilines is 1. The fourth-order valence-corrected chi connectivity index (χ4v) is 3.24. The van der Waals surface area contributed by atoms with Crippen LogP contribution in [-0.2, 0) is 13.0 Å². The number of hydrogen-bond donors (Lipinski definition) is 1. The monoisotopic (exact) mass is 272 g/mol. The van der Waals surface area contributed by atoms with E-state index in [-0.39, 0.29) is 0 Å². The van der Waals surface area contributed by atoms with E-state index in [0.717, 1.165) is 41.2 Å². The summed E-state index contributed by atoms with van der Waals surface area (Å²) in [6.07, 6.45) is 5.24. The third-order valence-electron chi connectivity index (χ3n) is 3.39. The molecule has 19 heavy (non-hydrogen) atoms. The highest BCUT2D eigenvalue weighted by molar-refractivity contribution is 7.17. The summed E-state index contributed by atoms with van der Waals surface area (Å²) >= 11 is 1.67. The third-order valence-corrected chi connectivity index (χ3v) is 4.30. The van der Waals surface area contributed by atoms with E-state index in [1.165, 1.54) is 0 Å². The van der Waals surface area contributed by atoms with Gasteiger partial charge in [0.1, 0.15) is 24.3 Å². The second-order valence-electron chi connectivity index (χ2n) is 4.60. The zero-order valence-corrected chi connectivity index (χ0v) is 11.0. The van der Waals surface area contributed by atoms with Gasteiger partial charge in [-0.3, -0.25) is 0 Å². The first kappa shape index (κ1) is 10.9. The SMILES string of the molecule is c1nc(NC2CCc3ncnn3C2)c2sccc2n1. The molecule has 4 rings (SSSR count). The van der Waals surface area contributed by atoms with E-state index in [2.05, 4.69) is 25.4 Å². The van der Waals surface area contributed by atoms with Crippen molar-refractivity contribution in [2.24, 2.45) is 0 Å². The van der Waals surface area contributed by atoms with Crippen LogP contribution in [-0.4, -0.2) is 30.8 Å². The molecule has 0 saturated heterocycles. The van der Waals surface area contributed by atoms with E-state index in [9.17, 15) is 0 Å². The Morgan fingerprint density at radius 2 is 2.26 bits per heavy atom. The molecule has 0 bridgehead atoms. The standard InChI is InChI=1S/C12H12N6S/c1-2-10-14-7-16-18(10)5-8(1)17-12-11-9(3-4-19-11)13-6-15-12/h3-4,6-8H,1-2,5H2,(H,13,15,17). The van der Waals surface area contributed by atoms with E-state index in [1.54, 1.807) is 24.0 Å². The van der Waals surface area contributed by atoms with Crippen molar-refractivity contribution in [2.45, 2.75) is 25.4 Å². The number of nitrogens with one attached hydrogen (secondary N) is 1. The summed E-state index contributed by atoms with van der Waals surface area (Å²) in [5.74, 6) is 2.00. The van der Waals surface area contributed by atoms with Crippen LogP contribution in [0.25, 0.3) is 10.2 Å². The highest BCUT2D eigenvalue weighted by Crippen LogP contribution is 2.26. The largest absolute Gasteiger partial charge is 0.364 e. The molecule has 3 aromatic rings. The van der Waals surface area contributed by atoms with Crippen LogP contribution in [0.2, 0.25) is 0 Å². The number of aryl methyl sites for hydroxylation is 1. The molecule has 0 aliphatic carbocycles. The Labute approximate surface area is 113 Å². The second-order valence-corrected chi connectivity index (χ2v) is 5.51. The predicted octanol–water partition coefficient (Wildman–Crippen LogP) is 1.71. The summed E-state index contributed by atoms with van der Waals surface area (Å²) in [6.45, 7) is 0.839. The number of fused-ring (bicyclic) bond motifs is 2. The lowest BCUT2D eigenvalue weighted by atomic mass is 10.1. The fraction of sp³-hybridized carbons (Fsp3) is 0.333. The van der Waals surface area contributed by atoms with Crippen molar-refractivity contribution < 1.29 is 0 Å². The molecule has 0 fully saturated rings. The highest BCUT2D eigenvalue weighted by Gasteiger charge is 2.20. The predicted molar refractivity (Wildman–Crippen MR) is 73.2 cm³/mol. The maximum absolute atomic E-state index is 4.36. The minimum Gasteiger partial charge on any atom is -0.364 e. The quantitative estimate of drug-likeness (QED) is 0.769. The van der Waals surface area contributed by atoms with Gasteiger partial charge in [-0.05, 0) is 17.9 Å². The first-order chi connectivity index (χ1) is 9.40. The molecule has 0 spiro atoms. The van der Waals surface area contributed by atoms with Crippen LogP contribution in [0.4, 0.5) is 5.82 Å². The van der Waals surface area contributed by atoms with Gasteiger partial charge in [-0.2, -0.15) is 5.10 Å². The minimum absolute atomic E-state index is 0.342. The number of rotatable bonds is 2. The zero-order valence-electron chi connectivity index (χ0n) is 10.2. The van der Waals surface area contributed by atoms with Gasteiger partial charge in [0.05, 0.1) is 16.8 Å². The highest BCUT2D eigenvalue weighted by atomic mass is 32.1. The molecule has 96 valence electrons. The molecular formula is C12H12N6S. The normalized spacial score (nSPS) is 18.4. The molecule has 0 radical (unpaired) electrons. The summed E-state index contributed by atoms with van der Waals surface area (Å²) in [5, 5.41) is 9.79. The van der Waals surface area contributed by atoms with E-state index >= 15 is 0 Å². The smallest absolute Gasteiger partial charge is 0.147 e. The van der Waals surface area contributed by atoms with E-state index < -0.39 is 0 Å². The van der Waals surface area contributed by atoms with Crippen molar-refractivity contribution in [2.75, 3.05) is 5.32 Å². The second kappa shape index (κ2) is 4.27. The zero-order chi connectivity index (χ0) is 12.7. The summed E-state index contributed by atoms with van der Waals surface area (Å²) in [5.41, 5.74) is 1.000. The Morgan fingerprint density at radius 3 is 3.26 bits per heavy atom. The molecule has 4 heterocycles. The van der Waals surface area contributed by atoms with Gasteiger partial charge < -0.3 is 5.32 Å². The lowest BCUT2D eigenvalue weighted by Gasteiger charge is -2.24. The number of thiophene rings is 1. The molecule has 7 heteroatoms. The minimum atomic E-state index is 0.342. The Kier molecular flexibility index (Phi) is 2.44. The van der Waals surface area contributed by atoms with Crippen LogP contribution in [0.15, 0.2) is 24.1 Å². The van der Waals surface area contributed by atoms with Gasteiger partial charge in [0.25, 0.3) is 0 Å².